The normalized spacial score (nSPS) is 20.0. The van der Waals surface area contributed by atoms with Gasteiger partial charge in [0.15, 0.2) is 0 Å². The van der Waals surface area contributed by atoms with Crippen molar-refractivity contribution in [3.05, 3.63) is 40.3 Å². The number of carbonyl (C=O) groups is 2. The molecule has 2 fully saturated rings. The van der Waals surface area contributed by atoms with Gasteiger partial charge in [0, 0.05) is 48.1 Å². The van der Waals surface area contributed by atoms with E-state index in [1.54, 1.807) is 29.7 Å². The second-order valence-electron chi connectivity index (χ2n) is 8.21. The molecule has 1 aromatic heterocycles. The van der Waals surface area contributed by atoms with E-state index < -0.39 is 15.9 Å². The summed E-state index contributed by atoms with van der Waals surface area (Å²) in [6.45, 7) is 7.13. The number of sulfonamides is 1. The number of hydrogen-bond donors (Lipinski definition) is 1. The first-order chi connectivity index (χ1) is 15.2. The van der Waals surface area contributed by atoms with Crippen LogP contribution in [-0.4, -0.2) is 55.7 Å². The highest BCUT2D eigenvalue weighted by molar-refractivity contribution is 7.99. The van der Waals surface area contributed by atoms with E-state index in [4.69, 9.17) is 0 Å². The molecule has 1 unspecified atom stereocenters. The Bertz CT molecular complexity index is 1150. The Labute approximate surface area is 197 Å². The summed E-state index contributed by atoms with van der Waals surface area (Å²) in [6.07, 6.45) is 0.137. The van der Waals surface area contributed by atoms with Crippen LogP contribution in [-0.2, 0) is 19.6 Å². The number of thioether (sulfide) groups is 1. The molecule has 7 nitrogen and oxygen atoms in total. The SMILES string of the molecule is Cc1ccc(N2CC(C(=O)Nc3cc(S(=O)(=O)N4CCSCC4)sc3C)CC2=O)cc1C. The lowest BCUT2D eigenvalue weighted by molar-refractivity contribution is -0.122. The van der Waals surface area contributed by atoms with Gasteiger partial charge in [-0.25, -0.2) is 8.42 Å². The molecule has 0 spiro atoms. The molecule has 2 aliphatic rings. The molecule has 1 N–H and O–H groups in total. The quantitative estimate of drug-likeness (QED) is 0.690. The van der Waals surface area contributed by atoms with E-state index >= 15 is 0 Å². The molecule has 2 aliphatic heterocycles. The molecule has 0 radical (unpaired) electrons. The molecule has 2 amide bonds. The summed E-state index contributed by atoms with van der Waals surface area (Å²) in [4.78, 5) is 27.9. The molecular formula is C22H27N3O4S3. The van der Waals surface area contributed by atoms with Crippen LogP contribution in [0, 0.1) is 26.7 Å². The molecule has 3 heterocycles. The van der Waals surface area contributed by atoms with E-state index in [0.29, 0.717) is 25.3 Å². The fourth-order valence-electron chi connectivity index (χ4n) is 3.88. The molecule has 2 aromatic rings. The van der Waals surface area contributed by atoms with Crippen LogP contribution in [0.25, 0.3) is 0 Å². The van der Waals surface area contributed by atoms with Gasteiger partial charge in [0.2, 0.25) is 11.8 Å². The summed E-state index contributed by atoms with van der Waals surface area (Å²) in [7, 11) is -3.55. The summed E-state index contributed by atoms with van der Waals surface area (Å²) in [5.74, 6) is 0.757. The third kappa shape index (κ3) is 4.59. The van der Waals surface area contributed by atoms with Crippen molar-refractivity contribution in [1.82, 2.24) is 4.31 Å². The van der Waals surface area contributed by atoms with Gasteiger partial charge in [-0.2, -0.15) is 16.1 Å². The monoisotopic (exact) mass is 493 g/mol. The molecule has 32 heavy (non-hydrogen) atoms. The van der Waals surface area contributed by atoms with Gasteiger partial charge >= 0.3 is 0 Å². The Hall–Kier alpha value is -1.88. The Balaban J connectivity index is 1.46. The Kier molecular flexibility index (Phi) is 6.67. The molecule has 0 bridgehead atoms. The minimum absolute atomic E-state index is 0.0818. The summed E-state index contributed by atoms with van der Waals surface area (Å²) in [5.41, 5.74) is 3.55. The number of hydrogen-bond acceptors (Lipinski definition) is 6. The maximum Gasteiger partial charge on any atom is 0.252 e. The number of benzene rings is 1. The standard InChI is InChI=1S/C22H27N3O4S3/c1-14-4-5-18(10-15(14)2)25-13-17(11-20(25)26)22(27)23-19-12-21(31-16(19)3)32(28,29)24-6-8-30-9-7-24/h4-5,10,12,17H,6-9,11,13H2,1-3H3,(H,23,27). The smallest absolute Gasteiger partial charge is 0.252 e. The average Bonchev–Trinajstić information content (AvgIpc) is 3.34. The Morgan fingerprint density at radius 1 is 1.09 bits per heavy atom. The van der Waals surface area contributed by atoms with Crippen LogP contribution in [0.4, 0.5) is 11.4 Å². The van der Waals surface area contributed by atoms with E-state index in [-0.39, 0.29) is 22.4 Å². The Morgan fingerprint density at radius 3 is 2.50 bits per heavy atom. The molecule has 0 aliphatic carbocycles. The number of nitrogens with zero attached hydrogens (tertiary/aromatic N) is 2. The molecule has 1 atom stereocenters. The van der Waals surface area contributed by atoms with E-state index in [2.05, 4.69) is 5.32 Å². The number of anilines is 2. The van der Waals surface area contributed by atoms with E-state index in [1.807, 2.05) is 32.0 Å². The predicted octanol–water partition coefficient (Wildman–Crippen LogP) is 3.40. The van der Waals surface area contributed by atoms with Crippen molar-refractivity contribution in [1.29, 1.82) is 0 Å². The lowest BCUT2D eigenvalue weighted by atomic mass is 10.1. The lowest BCUT2D eigenvalue weighted by Gasteiger charge is -2.24. The second-order valence-corrected chi connectivity index (χ2v) is 12.9. The van der Waals surface area contributed by atoms with Crippen molar-refractivity contribution in [3.63, 3.8) is 0 Å². The zero-order chi connectivity index (χ0) is 23.0. The molecule has 2 saturated heterocycles. The summed E-state index contributed by atoms with van der Waals surface area (Å²) >= 11 is 2.92. The van der Waals surface area contributed by atoms with Gasteiger partial charge in [0.25, 0.3) is 10.0 Å². The highest BCUT2D eigenvalue weighted by atomic mass is 32.2. The Morgan fingerprint density at radius 2 is 1.81 bits per heavy atom. The highest BCUT2D eigenvalue weighted by Crippen LogP contribution is 2.34. The van der Waals surface area contributed by atoms with Gasteiger partial charge in [-0.3, -0.25) is 9.59 Å². The fraction of sp³-hybridized carbons (Fsp3) is 0.455. The van der Waals surface area contributed by atoms with E-state index in [9.17, 15) is 18.0 Å². The van der Waals surface area contributed by atoms with Crippen LogP contribution in [0.5, 0.6) is 0 Å². The van der Waals surface area contributed by atoms with Crippen molar-refractivity contribution in [2.24, 2.45) is 5.92 Å². The largest absolute Gasteiger partial charge is 0.325 e. The van der Waals surface area contributed by atoms with Crippen molar-refractivity contribution in [2.45, 2.75) is 31.4 Å². The molecular weight excluding hydrogens is 466 g/mol. The number of nitrogens with one attached hydrogen (secondary N) is 1. The maximum atomic E-state index is 13.0. The summed E-state index contributed by atoms with van der Waals surface area (Å²) < 4.78 is 27.7. The van der Waals surface area contributed by atoms with Gasteiger partial charge in [-0.15, -0.1) is 11.3 Å². The van der Waals surface area contributed by atoms with Crippen LogP contribution in [0.3, 0.4) is 0 Å². The average molecular weight is 494 g/mol. The van der Waals surface area contributed by atoms with Crippen LogP contribution in [0.1, 0.15) is 22.4 Å². The minimum Gasteiger partial charge on any atom is -0.325 e. The molecule has 172 valence electrons. The number of carbonyl (C=O) groups excluding carboxylic acids is 2. The third-order valence-corrected chi connectivity index (χ3v) is 10.4. The maximum absolute atomic E-state index is 13.0. The van der Waals surface area contributed by atoms with Crippen LogP contribution < -0.4 is 10.2 Å². The van der Waals surface area contributed by atoms with Crippen molar-refractivity contribution < 1.29 is 18.0 Å². The van der Waals surface area contributed by atoms with Crippen LogP contribution >= 0.6 is 23.1 Å². The minimum atomic E-state index is -3.55. The van der Waals surface area contributed by atoms with Gasteiger partial charge in [0.05, 0.1) is 11.6 Å². The van der Waals surface area contributed by atoms with E-state index in [0.717, 1.165) is 33.2 Å². The lowest BCUT2D eigenvalue weighted by Crippen LogP contribution is -2.37. The van der Waals surface area contributed by atoms with Gasteiger partial charge in [-0.1, -0.05) is 6.07 Å². The predicted molar refractivity (Wildman–Crippen MR) is 130 cm³/mol. The fourth-order valence-corrected chi connectivity index (χ4v) is 8.01. The first-order valence-corrected chi connectivity index (χ1v) is 13.9. The molecule has 1 aromatic carbocycles. The highest BCUT2D eigenvalue weighted by Gasteiger charge is 2.36. The first kappa shape index (κ1) is 23.3. The van der Waals surface area contributed by atoms with E-state index in [1.165, 1.54) is 15.6 Å². The molecule has 10 heteroatoms. The summed E-state index contributed by atoms with van der Waals surface area (Å²) in [6, 6.07) is 7.39. The zero-order valence-corrected chi connectivity index (χ0v) is 20.8. The number of thiophene rings is 1. The van der Waals surface area contributed by atoms with Crippen molar-refractivity contribution >= 4 is 56.3 Å². The molecule has 0 saturated carbocycles. The number of rotatable bonds is 5. The summed E-state index contributed by atoms with van der Waals surface area (Å²) in [5, 5.41) is 2.87. The molecule has 4 rings (SSSR count). The second kappa shape index (κ2) is 9.17. The van der Waals surface area contributed by atoms with Crippen LogP contribution in [0.15, 0.2) is 28.5 Å². The zero-order valence-electron chi connectivity index (χ0n) is 18.4. The number of aryl methyl sites for hydroxylation is 3. The number of amides is 2. The third-order valence-electron chi connectivity index (χ3n) is 6.02. The van der Waals surface area contributed by atoms with Gasteiger partial charge in [0.1, 0.15) is 4.21 Å². The topological polar surface area (TPSA) is 86.8 Å². The van der Waals surface area contributed by atoms with Crippen molar-refractivity contribution in [2.75, 3.05) is 41.4 Å². The van der Waals surface area contributed by atoms with Gasteiger partial charge < -0.3 is 10.2 Å². The van der Waals surface area contributed by atoms with Gasteiger partial charge in [-0.05, 0) is 50.1 Å². The van der Waals surface area contributed by atoms with Crippen molar-refractivity contribution in [3.8, 4) is 0 Å². The first-order valence-electron chi connectivity index (χ1n) is 10.5. The van der Waals surface area contributed by atoms with Crippen LogP contribution in [0.2, 0.25) is 0 Å².